The van der Waals surface area contributed by atoms with E-state index in [0.29, 0.717) is 6.54 Å². The molecule has 0 aliphatic rings. The Labute approximate surface area is 79.4 Å². The molecule has 1 N–H and O–H groups in total. The maximum Gasteiger partial charge on any atom is 0.0840 e. The summed E-state index contributed by atoms with van der Waals surface area (Å²) >= 11 is 0. The second-order valence-electron chi connectivity index (χ2n) is 3.53. The first-order valence-corrected chi connectivity index (χ1v) is 4.90. The Bertz CT molecular complexity index is 233. The molecule has 0 bridgehead atoms. The van der Waals surface area contributed by atoms with Gasteiger partial charge in [0.15, 0.2) is 0 Å². The molecule has 3 heteroatoms. The van der Waals surface area contributed by atoms with Crippen molar-refractivity contribution < 1.29 is 5.11 Å². The van der Waals surface area contributed by atoms with E-state index in [-0.39, 0.29) is 0 Å². The summed E-state index contributed by atoms with van der Waals surface area (Å²) < 4.78 is 1.79. The Morgan fingerprint density at radius 3 is 2.69 bits per heavy atom. The van der Waals surface area contributed by atoms with Crippen molar-refractivity contribution in [1.29, 1.82) is 0 Å². The maximum atomic E-state index is 10.1. The molecule has 1 atom stereocenters. The van der Waals surface area contributed by atoms with Gasteiger partial charge in [-0.3, -0.25) is 4.68 Å². The minimum atomic E-state index is -0.583. The van der Waals surface area contributed by atoms with Crippen molar-refractivity contribution in [3.05, 3.63) is 18.5 Å². The van der Waals surface area contributed by atoms with Crippen LogP contribution in [0.1, 0.15) is 33.1 Å². The van der Waals surface area contributed by atoms with E-state index in [0.717, 1.165) is 19.3 Å². The van der Waals surface area contributed by atoms with Crippen LogP contribution in [-0.4, -0.2) is 20.5 Å². The Morgan fingerprint density at radius 1 is 1.46 bits per heavy atom. The lowest BCUT2D eigenvalue weighted by atomic mass is 9.95. The van der Waals surface area contributed by atoms with Crippen LogP contribution in [-0.2, 0) is 6.54 Å². The number of rotatable bonds is 5. The highest BCUT2D eigenvalue weighted by atomic mass is 16.3. The Hall–Kier alpha value is -0.830. The van der Waals surface area contributed by atoms with Gasteiger partial charge in [-0.05, 0) is 18.9 Å². The molecule has 0 aliphatic heterocycles. The summed E-state index contributed by atoms with van der Waals surface area (Å²) in [5.41, 5.74) is -0.583. The van der Waals surface area contributed by atoms with E-state index >= 15 is 0 Å². The van der Waals surface area contributed by atoms with Gasteiger partial charge in [0.2, 0.25) is 0 Å². The largest absolute Gasteiger partial charge is 0.388 e. The topological polar surface area (TPSA) is 38.0 Å². The van der Waals surface area contributed by atoms with Crippen LogP contribution in [0, 0.1) is 0 Å². The highest BCUT2D eigenvalue weighted by Gasteiger charge is 2.23. The molecule has 1 unspecified atom stereocenters. The molecule has 0 saturated heterocycles. The summed E-state index contributed by atoms with van der Waals surface area (Å²) in [5.74, 6) is 0. The van der Waals surface area contributed by atoms with Gasteiger partial charge >= 0.3 is 0 Å². The summed E-state index contributed by atoms with van der Waals surface area (Å²) in [4.78, 5) is 0. The number of aliphatic hydroxyl groups is 1. The van der Waals surface area contributed by atoms with E-state index in [1.54, 1.807) is 10.9 Å². The van der Waals surface area contributed by atoms with E-state index in [1.807, 2.05) is 19.2 Å². The predicted molar refractivity (Wildman–Crippen MR) is 52.4 cm³/mol. The number of hydrogen-bond acceptors (Lipinski definition) is 2. The van der Waals surface area contributed by atoms with Crippen molar-refractivity contribution in [2.24, 2.45) is 0 Å². The van der Waals surface area contributed by atoms with Gasteiger partial charge in [0, 0.05) is 12.4 Å². The van der Waals surface area contributed by atoms with Gasteiger partial charge in [-0.15, -0.1) is 0 Å². The van der Waals surface area contributed by atoms with E-state index in [2.05, 4.69) is 12.0 Å². The molecule has 1 aromatic heterocycles. The Kier molecular flexibility index (Phi) is 3.48. The zero-order chi connectivity index (χ0) is 9.73. The average molecular weight is 182 g/mol. The standard InChI is InChI=1S/C10H18N2O/c1-3-6-10(13,4-2)9-12-8-5-7-11-12/h5,7-8,13H,3-4,6,9H2,1-2H3. The molecule has 1 rings (SSSR count). The van der Waals surface area contributed by atoms with Gasteiger partial charge < -0.3 is 5.11 Å². The lowest BCUT2D eigenvalue weighted by Gasteiger charge is -2.26. The minimum Gasteiger partial charge on any atom is -0.388 e. The summed E-state index contributed by atoms with van der Waals surface area (Å²) in [6, 6.07) is 1.88. The first-order chi connectivity index (χ1) is 6.20. The molecule has 0 amide bonds. The third kappa shape index (κ3) is 2.84. The first kappa shape index (κ1) is 10.3. The van der Waals surface area contributed by atoms with E-state index in [1.165, 1.54) is 0 Å². The summed E-state index contributed by atoms with van der Waals surface area (Å²) in [6.45, 7) is 4.70. The second kappa shape index (κ2) is 4.42. The molecule has 13 heavy (non-hydrogen) atoms. The second-order valence-corrected chi connectivity index (χ2v) is 3.53. The smallest absolute Gasteiger partial charge is 0.0840 e. The minimum absolute atomic E-state index is 0.583. The van der Waals surface area contributed by atoms with Crippen LogP contribution in [0.4, 0.5) is 0 Å². The molecular formula is C10H18N2O. The van der Waals surface area contributed by atoms with Gasteiger partial charge in [0.05, 0.1) is 12.1 Å². The van der Waals surface area contributed by atoms with Gasteiger partial charge in [-0.25, -0.2) is 0 Å². The van der Waals surface area contributed by atoms with Crippen LogP contribution in [0.25, 0.3) is 0 Å². The summed E-state index contributed by atoms with van der Waals surface area (Å²) in [7, 11) is 0. The van der Waals surface area contributed by atoms with E-state index < -0.39 is 5.60 Å². The first-order valence-electron chi connectivity index (χ1n) is 4.90. The van der Waals surface area contributed by atoms with Crippen LogP contribution in [0.3, 0.4) is 0 Å². The zero-order valence-electron chi connectivity index (χ0n) is 8.40. The van der Waals surface area contributed by atoms with Crippen molar-refractivity contribution in [3.63, 3.8) is 0 Å². The van der Waals surface area contributed by atoms with Crippen LogP contribution in [0.2, 0.25) is 0 Å². The summed E-state index contributed by atoms with van der Waals surface area (Å²) in [6.07, 6.45) is 6.24. The fraction of sp³-hybridized carbons (Fsp3) is 0.700. The van der Waals surface area contributed by atoms with Crippen molar-refractivity contribution in [2.45, 2.75) is 45.3 Å². The zero-order valence-corrected chi connectivity index (χ0v) is 8.40. The van der Waals surface area contributed by atoms with Gasteiger partial charge in [0.1, 0.15) is 0 Å². The molecule has 0 radical (unpaired) electrons. The Balaban J connectivity index is 2.58. The fourth-order valence-corrected chi connectivity index (χ4v) is 1.53. The number of hydrogen-bond donors (Lipinski definition) is 1. The van der Waals surface area contributed by atoms with Crippen LogP contribution in [0.15, 0.2) is 18.5 Å². The molecular weight excluding hydrogens is 164 g/mol. The third-order valence-corrected chi connectivity index (χ3v) is 2.39. The summed E-state index contributed by atoms with van der Waals surface area (Å²) in [5, 5.41) is 14.2. The van der Waals surface area contributed by atoms with Crippen LogP contribution >= 0.6 is 0 Å². The van der Waals surface area contributed by atoms with Crippen LogP contribution in [0.5, 0.6) is 0 Å². The molecule has 0 fully saturated rings. The normalized spacial score (nSPS) is 15.6. The van der Waals surface area contributed by atoms with Crippen molar-refractivity contribution >= 4 is 0 Å². The SMILES string of the molecule is CCCC(O)(CC)Cn1cccn1. The fourth-order valence-electron chi connectivity index (χ4n) is 1.53. The predicted octanol–water partition coefficient (Wildman–Crippen LogP) is 1.82. The highest BCUT2D eigenvalue weighted by molar-refractivity contribution is 4.83. The monoisotopic (exact) mass is 182 g/mol. The van der Waals surface area contributed by atoms with E-state index in [4.69, 9.17) is 0 Å². The van der Waals surface area contributed by atoms with Crippen LogP contribution < -0.4 is 0 Å². The van der Waals surface area contributed by atoms with Gasteiger partial charge in [0.25, 0.3) is 0 Å². The van der Waals surface area contributed by atoms with Gasteiger partial charge in [-0.1, -0.05) is 20.3 Å². The van der Waals surface area contributed by atoms with E-state index in [9.17, 15) is 5.11 Å². The molecule has 0 saturated carbocycles. The Morgan fingerprint density at radius 2 is 2.23 bits per heavy atom. The molecule has 0 aliphatic carbocycles. The lowest BCUT2D eigenvalue weighted by molar-refractivity contribution is 0.00669. The molecule has 0 aromatic carbocycles. The lowest BCUT2D eigenvalue weighted by Crippen LogP contribution is -2.33. The van der Waals surface area contributed by atoms with Gasteiger partial charge in [-0.2, -0.15) is 5.10 Å². The molecule has 0 spiro atoms. The highest BCUT2D eigenvalue weighted by Crippen LogP contribution is 2.18. The van der Waals surface area contributed by atoms with Crippen molar-refractivity contribution in [2.75, 3.05) is 0 Å². The molecule has 74 valence electrons. The molecule has 1 aromatic rings. The average Bonchev–Trinajstić information content (AvgIpc) is 2.57. The maximum absolute atomic E-state index is 10.1. The number of aromatic nitrogens is 2. The molecule has 1 heterocycles. The molecule has 3 nitrogen and oxygen atoms in total. The third-order valence-electron chi connectivity index (χ3n) is 2.39. The van der Waals surface area contributed by atoms with Crippen molar-refractivity contribution in [3.8, 4) is 0 Å². The van der Waals surface area contributed by atoms with Crippen molar-refractivity contribution in [1.82, 2.24) is 9.78 Å². The number of nitrogens with zero attached hydrogens (tertiary/aromatic N) is 2. The quantitative estimate of drug-likeness (QED) is 0.754.